The molecule has 4 heteroatoms. The Hall–Kier alpha value is -0.280. The number of quaternary nitrogens is 1. The number of piperidine rings is 3. The second-order valence-corrected chi connectivity index (χ2v) is 4.63. The summed E-state index contributed by atoms with van der Waals surface area (Å²) in [5.74, 6) is -0.562. The Balaban J connectivity index is 0.000000845. The van der Waals surface area contributed by atoms with Gasteiger partial charge in [-0.1, -0.05) is 0 Å². The molecule has 3 rings (SSSR count). The summed E-state index contributed by atoms with van der Waals surface area (Å²) in [7, 11) is 2.24. The largest absolute Gasteiger partial charge is 1.00 e. The molecule has 2 bridgehead atoms. The Morgan fingerprint density at radius 1 is 1.23 bits per heavy atom. The highest BCUT2D eigenvalue weighted by atomic mass is 35.5. The Morgan fingerprint density at radius 3 is 1.92 bits per heavy atom. The molecule has 3 fully saturated rings. The fourth-order valence-electron chi connectivity index (χ4n) is 2.48. The second kappa shape index (κ2) is 3.14. The van der Waals surface area contributed by atoms with Gasteiger partial charge in [0.1, 0.15) is 0 Å². The number of carboxylic acids is 1. The normalized spacial score (nSPS) is 42.5. The van der Waals surface area contributed by atoms with Gasteiger partial charge in [-0.2, -0.15) is 0 Å². The van der Waals surface area contributed by atoms with Crippen molar-refractivity contribution in [1.82, 2.24) is 0 Å². The lowest BCUT2D eigenvalue weighted by Gasteiger charge is -2.50. The van der Waals surface area contributed by atoms with Gasteiger partial charge in [-0.15, -0.1) is 0 Å². The Kier molecular flexibility index (Phi) is 2.61. The molecular weight excluding hydrogens is 190 g/mol. The van der Waals surface area contributed by atoms with Crippen LogP contribution < -0.4 is 12.4 Å². The highest BCUT2D eigenvalue weighted by Crippen LogP contribution is 2.42. The van der Waals surface area contributed by atoms with Crippen molar-refractivity contribution >= 4 is 5.97 Å². The van der Waals surface area contributed by atoms with Crippen LogP contribution in [0, 0.1) is 5.41 Å². The first-order valence-electron chi connectivity index (χ1n) is 4.63. The van der Waals surface area contributed by atoms with Crippen LogP contribution >= 0.6 is 0 Å². The van der Waals surface area contributed by atoms with E-state index in [1.54, 1.807) is 0 Å². The SMILES string of the molecule is C[N+]12CCC(C(=O)O)(CC1)CC2.[Cl-]. The highest BCUT2D eigenvalue weighted by Gasteiger charge is 2.51. The Bertz CT molecular complexity index is 205. The molecule has 0 aliphatic carbocycles. The van der Waals surface area contributed by atoms with Crippen molar-refractivity contribution in [3.8, 4) is 0 Å². The lowest BCUT2D eigenvalue weighted by atomic mass is 9.71. The number of carbonyl (C=O) groups is 1. The third-order valence-corrected chi connectivity index (χ3v) is 3.84. The zero-order chi connectivity index (χ0) is 8.82. The van der Waals surface area contributed by atoms with Gasteiger partial charge in [0, 0.05) is 19.3 Å². The van der Waals surface area contributed by atoms with Crippen molar-refractivity contribution in [2.24, 2.45) is 5.41 Å². The third kappa shape index (κ3) is 1.55. The van der Waals surface area contributed by atoms with Gasteiger partial charge in [-0.3, -0.25) is 4.79 Å². The first kappa shape index (κ1) is 10.8. The third-order valence-electron chi connectivity index (χ3n) is 3.84. The van der Waals surface area contributed by atoms with E-state index in [-0.39, 0.29) is 17.8 Å². The predicted octanol–water partition coefficient (Wildman–Crippen LogP) is -2.29. The number of carboxylic acid groups (broad SMARTS) is 1. The van der Waals surface area contributed by atoms with Crippen molar-refractivity contribution in [3.05, 3.63) is 0 Å². The first-order valence-corrected chi connectivity index (χ1v) is 4.63. The Labute approximate surface area is 84.7 Å². The number of rotatable bonds is 1. The highest BCUT2D eigenvalue weighted by molar-refractivity contribution is 5.74. The first-order chi connectivity index (χ1) is 5.56. The molecule has 0 aromatic heterocycles. The summed E-state index contributed by atoms with van der Waals surface area (Å²) in [6, 6.07) is 0. The van der Waals surface area contributed by atoms with E-state index in [1.165, 1.54) is 0 Å². The number of hydrogen-bond donors (Lipinski definition) is 1. The van der Waals surface area contributed by atoms with Gasteiger partial charge in [-0.05, 0) is 0 Å². The summed E-state index contributed by atoms with van der Waals surface area (Å²) in [4.78, 5) is 11.0. The minimum absolute atomic E-state index is 0. The molecule has 0 unspecified atom stereocenters. The molecule has 0 radical (unpaired) electrons. The molecule has 3 heterocycles. The van der Waals surface area contributed by atoms with Crippen molar-refractivity contribution in [1.29, 1.82) is 0 Å². The van der Waals surface area contributed by atoms with E-state index < -0.39 is 5.97 Å². The van der Waals surface area contributed by atoms with Gasteiger partial charge < -0.3 is 22.0 Å². The van der Waals surface area contributed by atoms with Crippen LogP contribution in [-0.4, -0.2) is 42.2 Å². The summed E-state index contributed by atoms with van der Waals surface area (Å²) in [5.41, 5.74) is -0.337. The molecule has 0 atom stereocenters. The van der Waals surface area contributed by atoms with Crippen LogP contribution in [0.5, 0.6) is 0 Å². The van der Waals surface area contributed by atoms with E-state index in [0.29, 0.717) is 0 Å². The molecule has 0 saturated carbocycles. The van der Waals surface area contributed by atoms with E-state index in [4.69, 9.17) is 5.11 Å². The molecule has 1 N–H and O–H groups in total. The Morgan fingerprint density at radius 2 is 1.62 bits per heavy atom. The fourth-order valence-corrected chi connectivity index (χ4v) is 2.48. The molecule has 76 valence electrons. The average Bonchev–Trinajstić information content (AvgIpc) is 2.06. The van der Waals surface area contributed by atoms with Crippen LogP contribution in [0.4, 0.5) is 0 Å². The molecule has 3 nitrogen and oxygen atoms in total. The van der Waals surface area contributed by atoms with Crippen molar-refractivity contribution in [3.63, 3.8) is 0 Å². The monoisotopic (exact) mass is 205 g/mol. The fraction of sp³-hybridized carbons (Fsp3) is 0.889. The maximum absolute atomic E-state index is 11.0. The summed E-state index contributed by atoms with van der Waals surface area (Å²) >= 11 is 0. The number of halogens is 1. The van der Waals surface area contributed by atoms with Gasteiger partial charge in [0.2, 0.25) is 0 Å². The van der Waals surface area contributed by atoms with E-state index >= 15 is 0 Å². The van der Waals surface area contributed by atoms with Crippen LogP contribution in [0.3, 0.4) is 0 Å². The number of hydrogen-bond acceptors (Lipinski definition) is 1. The lowest BCUT2D eigenvalue weighted by molar-refractivity contribution is -0.926. The lowest BCUT2D eigenvalue weighted by Crippen LogP contribution is -3.00. The predicted molar refractivity (Wildman–Crippen MR) is 44.7 cm³/mol. The summed E-state index contributed by atoms with van der Waals surface area (Å²) < 4.78 is 1.11. The van der Waals surface area contributed by atoms with Crippen LogP contribution in [0.2, 0.25) is 0 Å². The van der Waals surface area contributed by atoms with Crippen LogP contribution in [0.15, 0.2) is 0 Å². The van der Waals surface area contributed by atoms with Gasteiger partial charge in [0.15, 0.2) is 0 Å². The second-order valence-electron chi connectivity index (χ2n) is 4.63. The zero-order valence-electron chi connectivity index (χ0n) is 7.92. The van der Waals surface area contributed by atoms with Crippen molar-refractivity contribution < 1.29 is 26.8 Å². The van der Waals surface area contributed by atoms with Crippen LogP contribution in [0.25, 0.3) is 0 Å². The van der Waals surface area contributed by atoms with Crippen LogP contribution in [0.1, 0.15) is 19.3 Å². The van der Waals surface area contributed by atoms with Gasteiger partial charge >= 0.3 is 5.97 Å². The van der Waals surface area contributed by atoms with E-state index in [9.17, 15) is 4.79 Å². The van der Waals surface area contributed by atoms with Crippen molar-refractivity contribution in [2.75, 3.05) is 26.7 Å². The van der Waals surface area contributed by atoms with Crippen LogP contribution in [-0.2, 0) is 4.79 Å². The summed E-state index contributed by atoms with van der Waals surface area (Å²) in [6.45, 7) is 3.19. The van der Waals surface area contributed by atoms with Gasteiger partial charge in [-0.25, -0.2) is 0 Å². The van der Waals surface area contributed by atoms with E-state index in [2.05, 4.69) is 7.05 Å². The molecule has 0 spiro atoms. The van der Waals surface area contributed by atoms with Gasteiger partial charge in [0.05, 0.1) is 32.1 Å². The average molecular weight is 206 g/mol. The number of fused-ring (bicyclic) bond motifs is 3. The quantitative estimate of drug-likeness (QED) is 0.490. The number of aliphatic carboxylic acids is 1. The topological polar surface area (TPSA) is 37.3 Å². The molecule has 3 aliphatic rings. The smallest absolute Gasteiger partial charge is 0.310 e. The minimum atomic E-state index is -0.562. The molecule has 0 aromatic rings. The van der Waals surface area contributed by atoms with E-state index in [1.807, 2.05) is 0 Å². The summed E-state index contributed by atoms with van der Waals surface area (Å²) in [6.07, 6.45) is 2.66. The van der Waals surface area contributed by atoms with Crippen molar-refractivity contribution in [2.45, 2.75) is 19.3 Å². The standard InChI is InChI=1S/C9H15NO2.ClH/c1-10-5-2-9(3-6-10,4-7-10)8(11)12;/h2-7H2,1H3;1H. The maximum atomic E-state index is 11.0. The molecule has 3 aliphatic heterocycles. The molecular formula is C9H16ClNO2. The maximum Gasteiger partial charge on any atom is 0.310 e. The molecule has 13 heavy (non-hydrogen) atoms. The zero-order valence-corrected chi connectivity index (χ0v) is 8.68. The minimum Gasteiger partial charge on any atom is -1.00 e. The summed E-state index contributed by atoms with van der Waals surface area (Å²) in [5, 5.41) is 9.09. The van der Waals surface area contributed by atoms with Gasteiger partial charge in [0.25, 0.3) is 0 Å². The van der Waals surface area contributed by atoms with E-state index in [0.717, 1.165) is 43.4 Å². The molecule has 3 saturated heterocycles. The number of nitrogens with zero attached hydrogens (tertiary/aromatic N) is 1. The molecule has 0 amide bonds. The molecule has 0 aromatic carbocycles.